The van der Waals surface area contributed by atoms with Crippen molar-refractivity contribution in [1.82, 2.24) is 5.32 Å². The van der Waals surface area contributed by atoms with E-state index in [4.69, 9.17) is 0 Å². The van der Waals surface area contributed by atoms with Crippen molar-refractivity contribution in [2.45, 2.75) is 18.2 Å². The van der Waals surface area contributed by atoms with Crippen LogP contribution >= 0.6 is 11.8 Å². The number of rotatable bonds is 9. The molecule has 0 atom stereocenters. The van der Waals surface area contributed by atoms with E-state index in [-0.39, 0.29) is 17.2 Å². The van der Waals surface area contributed by atoms with Gasteiger partial charge in [-0.15, -0.1) is 11.8 Å². The van der Waals surface area contributed by atoms with Gasteiger partial charge in [0.05, 0.1) is 17.5 Å². The van der Waals surface area contributed by atoms with E-state index in [1.807, 2.05) is 30.3 Å². The molecule has 2 rings (SSSR count). The lowest BCUT2D eigenvalue weighted by molar-refractivity contribution is -0.114. The van der Waals surface area contributed by atoms with E-state index in [1.165, 1.54) is 25.1 Å². The fourth-order valence-corrected chi connectivity index (χ4v) is 3.83. The zero-order chi connectivity index (χ0) is 20.6. The van der Waals surface area contributed by atoms with Crippen molar-refractivity contribution in [2.75, 3.05) is 28.6 Å². The zero-order valence-electron chi connectivity index (χ0n) is 15.7. The van der Waals surface area contributed by atoms with Crippen LogP contribution in [0.1, 0.15) is 23.7 Å². The first-order chi connectivity index (χ1) is 13.2. The topological polar surface area (TPSA) is 104 Å². The van der Waals surface area contributed by atoms with Crippen LogP contribution in [0.2, 0.25) is 0 Å². The van der Waals surface area contributed by atoms with Gasteiger partial charge in [0.25, 0.3) is 5.91 Å². The van der Waals surface area contributed by atoms with E-state index >= 15 is 0 Å². The maximum absolute atomic E-state index is 12.6. The summed E-state index contributed by atoms with van der Waals surface area (Å²) < 4.78 is 25.4. The SMILES string of the molecule is CC(=O)Nc1ccc(NS(C)(=O)=O)c(C(=O)NCCCSc2ccccc2)c1. The Bertz CT molecular complexity index is 931. The Morgan fingerprint density at radius 2 is 1.79 bits per heavy atom. The molecule has 2 aromatic carbocycles. The van der Waals surface area contributed by atoms with Crippen LogP contribution < -0.4 is 15.4 Å². The average molecular weight is 422 g/mol. The van der Waals surface area contributed by atoms with Gasteiger partial charge in [0, 0.05) is 24.1 Å². The number of nitrogens with one attached hydrogen (secondary N) is 3. The van der Waals surface area contributed by atoms with Crippen LogP contribution in [0, 0.1) is 0 Å². The molecule has 0 aliphatic heterocycles. The van der Waals surface area contributed by atoms with Crippen LogP contribution in [-0.2, 0) is 14.8 Å². The molecule has 0 bridgehead atoms. The maximum Gasteiger partial charge on any atom is 0.253 e. The first-order valence-electron chi connectivity index (χ1n) is 8.60. The number of thioether (sulfide) groups is 1. The molecule has 9 heteroatoms. The Balaban J connectivity index is 1.99. The second-order valence-corrected chi connectivity index (χ2v) is 9.00. The summed E-state index contributed by atoms with van der Waals surface area (Å²) in [5.41, 5.74) is 0.719. The molecule has 7 nitrogen and oxygen atoms in total. The molecule has 0 aliphatic carbocycles. The molecule has 0 aliphatic rings. The van der Waals surface area contributed by atoms with Crippen LogP contribution in [0.3, 0.4) is 0 Å². The number of hydrogen-bond acceptors (Lipinski definition) is 5. The standard InChI is InChI=1S/C19H23N3O4S2/c1-14(23)21-15-9-10-18(22-28(2,25)26)17(13-15)19(24)20-11-6-12-27-16-7-4-3-5-8-16/h3-5,7-10,13,22H,6,11-12H2,1-2H3,(H,20,24)(H,21,23). The highest BCUT2D eigenvalue weighted by molar-refractivity contribution is 7.99. The van der Waals surface area contributed by atoms with E-state index < -0.39 is 15.9 Å². The van der Waals surface area contributed by atoms with Gasteiger partial charge in [0.1, 0.15) is 0 Å². The Hall–Kier alpha value is -2.52. The van der Waals surface area contributed by atoms with Gasteiger partial charge >= 0.3 is 0 Å². The minimum absolute atomic E-state index is 0.146. The van der Waals surface area contributed by atoms with Crippen molar-refractivity contribution in [3.05, 3.63) is 54.1 Å². The highest BCUT2D eigenvalue weighted by Crippen LogP contribution is 2.22. The summed E-state index contributed by atoms with van der Waals surface area (Å²) in [7, 11) is -3.55. The van der Waals surface area contributed by atoms with Gasteiger partial charge in [-0.2, -0.15) is 0 Å². The summed E-state index contributed by atoms with van der Waals surface area (Å²) >= 11 is 1.70. The number of sulfonamides is 1. The largest absolute Gasteiger partial charge is 0.352 e. The molecule has 0 fully saturated rings. The lowest BCUT2D eigenvalue weighted by Crippen LogP contribution is -2.26. The molecule has 0 radical (unpaired) electrons. The van der Waals surface area contributed by atoms with E-state index in [0.717, 1.165) is 23.3 Å². The number of amides is 2. The average Bonchev–Trinajstić information content (AvgIpc) is 2.62. The molecule has 0 heterocycles. The molecule has 0 unspecified atom stereocenters. The molecule has 150 valence electrons. The lowest BCUT2D eigenvalue weighted by Gasteiger charge is -2.13. The monoisotopic (exact) mass is 421 g/mol. The molecule has 0 aromatic heterocycles. The fourth-order valence-electron chi connectivity index (χ4n) is 2.38. The van der Waals surface area contributed by atoms with E-state index in [1.54, 1.807) is 11.8 Å². The summed E-state index contributed by atoms with van der Waals surface area (Å²) in [4.78, 5) is 25.0. The number of anilines is 2. The van der Waals surface area contributed by atoms with Crippen LogP contribution in [-0.4, -0.2) is 38.8 Å². The highest BCUT2D eigenvalue weighted by atomic mass is 32.2. The minimum atomic E-state index is -3.55. The Morgan fingerprint density at radius 3 is 2.43 bits per heavy atom. The van der Waals surface area contributed by atoms with Crippen molar-refractivity contribution in [3.8, 4) is 0 Å². The van der Waals surface area contributed by atoms with E-state index in [0.29, 0.717) is 12.2 Å². The molecule has 2 amide bonds. The van der Waals surface area contributed by atoms with Crippen molar-refractivity contribution >= 4 is 45.0 Å². The minimum Gasteiger partial charge on any atom is -0.352 e. The first-order valence-corrected chi connectivity index (χ1v) is 11.5. The number of benzene rings is 2. The number of hydrogen-bond donors (Lipinski definition) is 3. The molecule has 0 saturated heterocycles. The third-order valence-electron chi connectivity index (χ3n) is 3.50. The second kappa shape index (κ2) is 10.1. The van der Waals surface area contributed by atoms with Crippen LogP contribution in [0.15, 0.2) is 53.4 Å². The van der Waals surface area contributed by atoms with Gasteiger partial charge in [-0.25, -0.2) is 8.42 Å². The van der Waals surface area contributed by atoms with Gasteiger partial charge < -0.3 is 10.6 Å². The lowest BCUT2D eigenvalue weighted by atomic mass is 10.1. The van der Waals surface area contributed by atoms with Crippen LogP contribution in [0.4, 0.5) is 11.4 Å². The first kappa shape index (κ1) is 21.8. The number of carbonyl (C=O) groups excluding carboxylic acids is 2. The summed E-state index contributed by atoms with van der Waals surface area (Å²) in [6, 6.07) is 14.4. The second-order valence-electron chi connectivity index (χ2n) is 6.09. The summed E-state index contributed by atoms with van der Waals surface area (Å²) in [6.45, 7) is 1.80. The van der Waals surface area contributed by atoms with Gasteiger partial charge in [-0.1, -0.05) is 18.2 Å². The highest BCUT2D eigenvalue weighted by Gasteiger charge is 2.15. The maximum atomic E-state index is 12.6. The summed E-state index contributed by atoms with van der Waals surface area (Å²) in [5, 5.41) is 5.38. The van der Waals surface area contributed by atoms with Crippen molar-refractivity contribution < 1.29 is 18.0 Å². The van der Waals surface area contributed by atoms with Gasteiger partial charge in [-0.05, 0) is 42.5 Å². The number of carbonyl (C=O) groups is 2. The fraction of sp³-hybridized carbons (Fsp3) is 0.263. The molecule has 2 aromatic rings. The molecular weight excluding hydrogens is 398 g/mol. The van der Waals surface area contributed by atoms with E-state index in [2.05, 4.69) is 15.4 Å². The molecule has 0 saturated carbocycles. The van der Waals surface area contributed by atoms with Gasteiger partial charge in [-0.3, -0.25) is 14.3 Å². The van der Waals surface area contributed by atoms with Crippen molar-refractivity contribution in [1.29, 1.82) is 0 Å². The predicted octanol–water partition coefficient (Wildman–Crippen LogP) is 2.93. The summed E-state index contributed by atoms with van der Waals surface area (Å²) in [5.74, 6) is 0.140. The van der Waals surface area contributed by atoms with Crippen LogP contribution in [0.25, 0.3) is 0 Å². The van der Waals surface area contributed by atoms with E-state index in [9.17, 15) is 18.0 Å². The Labute approximate surface area is 169 Å². The Morgan fingerprint density at radius 1 is 1.07 bits per heavy atom. The molecular formula is C19H23N3O4S2. The quantitative estimate of drug-likeness (QED) is 0.427. The smallest absolute Gasteiger partial charge is 0.253 e. The zero-order valence-corrected chi connectivity index (χ0v) is 17.3. The van der Waals surface area contributed by atoms with Crippen LogP contribution in [0.5, 0.6) is 0 Å². The third-order valence-corrected chi connectivity index (χ3v) is 5.19. The van der Waals surface area contributed by atoms with Crippen molar-refractivity contribution in [3.63, 3.8) is 0 Å². The van der Waals surface area contributed by atoms with Crippen molar-refractivity contribution in [2.24, 2.45) is 0 Å². The summed E-state index contributed by atoms with van der Waals surface area (Å²) in [6.07, 6.45) is 1.77. The van der Waals surface area contributed by atoms with Gasteiger partial charge in [0.15, 0.2) is 0 Å². The predicted molar refractivity (Wildman–Crippen MR) is 113 cm³/mol. The third kappa shape index (κ3) is 7.61. The molecule has 28 heavy (non-hydrogen) atoms. The molecule has 0 spiro atoms. The molecule has 3 N–H and O–H groups in total. The normalized spacial score (nSPS) is 10.9. The Kier molecular flexibility index (Phi) is 7.89. The van der Waals surface area contributed by atoms with Gasteiger partial charge in [0.2, 0.25) is 15.9 Å².